The van der Waals surface area contributed by atoms with Crippen LogP contribution in [0, 0.1) is 0 Å². The highest BCUT2D eigenvalue weighted by atomic mass is 19.4. The molecule has 0 bridgehead atoms. The minimum atomic E-state index is -4.59. The zero-order valence-electron chi connectivity index (χ0n) is 11.4. The molecular weight excluding hydrogens is 301 g/mol. The Bertz CT molecular complexity index is 659. The maximum Gasteiger partial charge on any atom is 0.451 e. The lowest BCUT2D eigenvalue weighted by Gasteiger charge is -2.10. The van der Waals surface area contributed by atoms with Crippen molar-refractivity contribution in [1.82, 2.24) is 20.3 Å². The summed E-state index contributed by atoms with van der Waals surface area (Å²) in [5, 5.41) is 2.48. The maximum absolute atomic E-state index is 12.4. The van der Waals surface area contributed by atoms with Crippen LogP contribution in [0.2, 0.25) is 0 Å². The van der Waals surface area contributed by atoms with Gasteiger partial charge in [-0.3, -0.25) is 9.78 Å². The first-order valence-corrected chi connectivity index (χ1v) is 6.05. The van der Waals surface area contributed by atoms with Crippen molar-refractivity contribution in [2.45, 2.75) is 12.7 Å². The quantitative estimate of drug-likeness (QED) is 0.852. The second kappa shape index (κ2) is 6.37. The predicted octanol–water partition coefficient (Wildman–Crippen LogP) is 1.81. The molecule has 2 aromatic rings. The molecule has 0 saturated carbocycles. The highest BCUT2D eigenvalue weighted by Crippen LogP contribution is 2.27. The number of carbonyl (C=O) groups excluding carboxylic acids is 1. The van der Waals surface area contributed by atoms with E-state index < -0.39 is 12.0 Å². The average Bonchev–Trinajstić information content (AvgIpc) is 2.52. The van der Waals surface area contributed by atoms with Gasteiger partial charge in [0.05, 0.1) is 19.0 Å². The summed E-state index contributed by atoms with van der Waals surface area (Å²) >= 11 is 0. The fraction of sp³-hybridized carbons (Fsp3) is 0.231. The number of amides is 1. The Labute approximate surface area is 123 Å². The highest BCUT2D eigenvalue weighted by Gasteiger charge is 2.34. The minimum Gasteiger partial charge on any atom is -0.495 e. The molecular formula is C13H11F3N4O2. The van der Waals surface area contributed by atoms with Gasteiger partial charge < -0.3 is 10.1 Å². The van der Waals surface area contributed by atoms with Crippen LogP contribution in [0.25, 0.3) is 11.3 Å². The number of aromatic nitrogens is 3. The van der Waals surface area contributed by atoms with Gasteiger partial charge in [-0.05, 0) is 6.07 Å². The van der Waals surface area contributed by atoms with Crippen molar-refractivity contribution in [3.63, 3.8) is 0 Å². The second-order valence-corrected chi connectivity index (χ2v) is 4.17. The number of hydrogen-bond donors (Lipinski definition) is 1. The summed E-state index contributed by atoms with van der Waals surface area (Å²) in [4.78, 5) is 21.0. The van der Waals surface area contributed by atoms with E-state index in [9.17, 15) is 18.0 Å². The molecule has 2 heterocycles. The summed E-state index contributed by atoms with van der Waals surface area (Å²) in [6, 6.07) is 1.58. The number of methoxy groups -OCH3 is 1. The summed E-state index contributed by atoms with van der Waals surface area (Å²) in [6.07, 6.45) is -0.566. The zero-order chi connectivity index (χ0) is 16.2. The van der Waals surface area contributed by atoms with Crippen molar-refractivity contribution in [1.29, 1.82) is 0 Å². The van der Waals surface area contributed by atoms with Gasteiger partial charge in [0.1, 0.15) is 5.75 Å². The van der Waals surface area contributed by atoms with Crippen molar-refractivity contribution in [2.24, 2.45) is 0 Å². The van der Waals surface area contributed by atoms with E-state index in [2.05, 4.69) is 20.3 Å². The number of carbonyl (C=O) groups is 1. The van der Waals surface area contributed by atoms with Crippen molar-refractivity contribution in [3.8, 4) is 17.0 Å². The molecule has 0 aromatic carbocycles. The van der Waals surface area contributed by atoms with Gasteiger partial charge in [-0.2, -0.15) is 13.2 Å². The average molecular weight is 312 g/mol. The van der Waals surface area contributed by atoms with Crippen molar-refractivity contribution in [3.05, 3.63) is 36.0 Å². The first-order chi connectivity index (χ1) is 10.5. The van der Waals surface area contributed by atoms with E-state index in [4.69, 9.17) is 4.74 Å². The molecule has 22 heavy (non-hydrogen) atoms. The number of nitrogens with zero attached hydrogens (tertiary/aromatic N) is 3. The molecule has 0 unspecified atom stereocenters. The molecule has 0 radical (unpaired) electrons. The molecule has 116 valence electrons. The van der Waals surface area contributed by atoms with Gasteiger partial charge in [-0.1, -0.05) is 0 Å². The zero-order valence-corrected chi connectivity index (χ0v) is 11.4. The Hall–Kier alpha value is -2.71. The molecule has 2 rings (SSSR count). The largest absolute Gasteiger partial charge is 0.495 e. The standard InChI is InChI=1S/C13H11F3N4O2/c1-22-11-6-18-10(2-8(11)3-17-7-21)9-4-19-12(20-5-9)13(14,15)16/h2,4-7H,3H2,1H3,(H,17,21). The first-order valence-electron chi connectivity index (χ1n) is 6.05. The molecule has 6 nitrogen and oxygen atoms in total. The van der Waals surface area contributed by atoms with Gasteiger partial charge in [0, 0.05) is 30.1 Å². The van der Waals surface area contributed by atoms with Crippen LogP contribution in [0.1, 0.15) is 11.4 Å². The molecule has 2 aromatic heterocycles. The normalized spacial score (nSPS) is 11.1. The SMILES string of the molecule is COc1cnc(-c2cnc(C(F)(F)F)nc2)cc1CNC=O. The maximum atomic E-state index is 12.4. The summed E-state index contributed by atoms with van der Waals surface area (Å²) < 4.78 is 42.4. The number of hydrogen-bond acceptors (Lipinski definition) is 5. The van der Waals surface area contributed by atoms with Crippen molar-refractivity contribution < 1.29 is 22.7 Å². The van der Waals surface area contributed by atoms with Gasteiger partial charge in [0.15, 0.2) is 0 Å². The number of ether oxygens (including phenoxy) is 1. The van der Waals surface area contributed by atoms with Crippen LogP contribution in [-0.4, -0.2) is 28.5 Å². The molecule has 1 N–H and O–H groups in total. The Morgan fingerprint density at radius 3 is 2.45 bits per heavy atom. The molecule has 0 fully saturated rings. The summed E-state index contributed by atoms with van der Waals surface area (Å²) in [6.45, 7) is 0.198. The molecule has 0 atom stereocenters. The minimum absolute atomic E-state index is 0.198. The molecule has 9 heteroatoms. The number of pyridine rings is 1. The van der Waals surface area contributed by atoms with Gasteiger partial charge >= 0.3 is 6.18 Å². The van der Waals surface area contributed by atoms with Crippen molar-refractivity contribution in [2.75, 3.05) is 7.11 Å². The summed E-state index contributed by atoms with van der Waals surface area (Å²) in [5.41, 5.74) is 1.32. The van der Waals surface area contributed by atoms with E-state index in [0.29, 0.717) is 29.0 Å². The molecule has 1 amide bonds. The van der Waals surface area contributed by atoms with E-state index >= 15 is 0 Å². The number of halogens is 3. The van der Waals surface area contributed by atoms with Gasteiger partial charge in [0.25, 0.3) is 0 Å². The van der Waals surface area contributed by atoms with Gasteiger partial charge in [0.2, 0.25) is 12.2 Å². The third kappa shape index (κ3) is 3.48. The predicted molar refractivity (Wildman–Crippen MR) is 69.7 cm³/mol. The Balaban J connectivity index is 2.34. The summed E-state index contributed by atoms with van der Waals surface area (Å²) in [5.74, 6) is -0.765. The fourth-order valence-electron chi connectivity index (χ4n) is 1.72. The van der Waals surface area contributed by atoms with Crippen LogP contribution < -0.4 is 10.1 Å². The van der Waals surface area contributed by atoms with Crippen LogP contribution in [0.15, 0.2) is 24.7 Å². The van der Waals surface area contributed by atoms with E-state index in [0.717, 1.165) is 12.4 Å². The smallest absolute Gasteiger partial charge is 0.451 e. The lowest BCUT2D eigenvalue weighted by atomic mass is 10.1. The Morgan fingerprint density at radius 1 is 1.23 bits per heavy atom. The van der Waals surface area contributed by atoms with E-state index in [1.54, 1.807) is 6.07 Å². The van der Waals surface area contributed by atoms with Crippen LogP contribution in [-0.2, 0) is 17.5 Å². The molecule has 0 aliphatic carbocycles. The van der Waals surface area contributed by atoms with Gasteiger partial charge in [-0.25, -0.2) is 9.97 Å². The monoisotopic (exact) mass is 312 g/mol. The van der Waals surface area contributed by atoms with Crippen LogP contribution in [0.5, 0.6) is 5.75 Å². The van der Waals surface area contributed by atoms with Gasteiger partial charge in [-0.15, -0.1) is 0 Å². The highest BCUT2D eigenvalue weighted by molar-refractivity contribution is 5.59. The molecule has 0 aliphatic rings. The number of nitrogens with one attached hydrogen (secondary N) is 1. The first kappa shape index (κ1) is 15.7. The third-order valence-corrected chi connectivity index (χ3v) is 2.75. The van der Waals surface area contributed by atoms with Crippen LogP contribution in [0.3, 0.4) is 0 Å². The molecule has 0 aliphatic heterocycles. The Morgan fingerprint density at radius 2 is 1.91 bits per heavy atom. The summed E-state index contributed by atoms with van der Waals surface area (Å²) in [7, 11) is 1.45. The van der Waals surface area contributed by atoms with E-state index in [-0.39, 0.29) is 6.54 Å². The molecule has 0 saturated heterocycles. The third-order valence-electron chi connectivity index (χ3n) is 2.75. The fourth-order valence-corrected chi connectivity index (χ4v) is 1.72. The van der Waals surface area contributed by atoms with Crippen molar-refractivity contribution >= 4 is 6.41 Å². The number of rotatable bonds is 5. The topological polar surface area (TPSA) is 77.0 Å². The lowest BCUT2D eigenvalue weighted by Crippen LogP contribution is -2.11. The lowest BCUT2D eigenvalue weighted by molar-refractivity contribution is -0.145. The second-order valence-electron chi connectivity index (χ2n) is 4.17. The van der Waals surface area contributed by atoms with Crippen LogP contribution in [0.4, 0.5) is 13.2 Å². The number of alkyl halides is 3. The van der Waals surface area contributed by atoms with Crippen LogP contribution >= 0.6 is 0 Å². The Kier molecular flexibility index (Phi) is 4.54. The van der Waals surface area contributed by atoms with E-state index in [1.165, 1.54) is 13.3 Å². The molecule has 0 spiro atoms. The van der Waals surface area contributed by atoms with E-state index in [1.807, 2.05) is 0 Å².